The average molecular weight is 209 g/mol. The molecule has 0 nitrogen and oxygen atoms in total. The van der Waals surface area contributed by atoms with E-state index in [-0.39, 0.29) is 6.62 Å². The van der Waals surface area contributed by atoms with Gasteiger partial charge in [-0.1, -0.05) is 35.3 Å². The van der Waals surface area contributed by atoms with Crippen LogP contribution in [0.2, 0.25) is 0 Å². The minimum Gasteiger partial charge on any atom is -0.0606 e. The summed E-state index contributed by atoms with van der Waals surface area (Å²) in [6.45, 7) is 2.52. The van der Waals surface area contributed by atoms with Gasteiger partial charge >= 0.3 is 0 Å². The predicted octanol–water partition coefficient (Wildman–Crippen LogP) is 3.74. The van der Waals surface area contributed by atoms with Crippen molar-refractivity contribution >= 4 is 22.1 Å². The zero-order chi connectivity index (χ0) is 6.69. The molecule has 2 heteroatoms. The molecule has 0 N–H and O–H groups in total. The third-order valence-electron chi connectivity index (χ3n) is 2.02. The average Bonchev–Trinajstić information content (AvgIpc) is 2.37. The van der Waals surface area contributed by atoms with Crippen molar-refractivity contribution in [2.45, 2.75) is 38.3 Å². The van der Waals surface area contributed by atoms with Crippen LogP contribution < -0.4 is 0 Å². The Labute approximate surface area is 66.9 Å². The molecule has 1 aliphatic carbocycles. The molecule has 0 amide bonds. The van der Waals surface area contributed by atoms with Gasteiger partial charge in [-0.15, -0.1) is 0 Å². The van der Waals surface area contributed by atoms with Crippen LogP contribution in [0.4, 0.5) is 0 Å². The molecule has 0 saturated heterocycles. The van der Waals surface area contributed by atoms with Gasteiger partial charge in [-0.05, 0) is 31.3 Å². The van der Waals surface area contributed by atoms with Crippen molar-refractivity contribution in [3.05, 3.63) is 0 Å². The lowest BCUT2D eigenvalue weighted by Gasteiger charge is -2.13. The second kappa shape index (κ2) is 3.93. The first-order chi connectivity index (χ1) is 4.34. The predicted molar refractivity (Wildman–Crippen MR) is 48.6 cm³/mol. The minimum atomic E-state index is 0.233. The highest BCUT2D eigenvalue weighted by Gasteiger charge is 2.20. The normalized spacial score (nSPS) is 24.7. The summed E-state index contributed by atoms with van der Waals surface area (Å²) in [5, 5.41) is 0. The molecule has 0 aromatic heterocycles. The molecular weight excluding hydrogens is 195 g/mol. The molecular formula is C7H14BrP. The van der Waals surface area contributed by atoms with E-state index in [1.807, 2.05) is 0 Å². The standard InChI is InChI=1S/C7H14BrP/c1-2-9(8)7-5-3-4-6-7/h7H,2-6H2,1H3. The summed E-state index contributed by atoms with van der Waals surface area (Å²) >= 11 is 3.77. The van der Waals surface area contributed by atoms with Crippen molar-refractivity contribution in [1.82, 2.24) is 0 Å². The van der Waals surface area contributed by atoms with Crippen molar-refractivity contribution in [2.75, 3.05) is 6.16 Å². The Morgan fingerprint density at radius 2 is 2.00 bits per heavy atom. The van der Waals surface area contributed by atoms with E-state index in [9.17, 15) is 0 Å². The highest BCUT2D eigenvalue weighted by Crippen LogP contribution is 2.54. The van der Waals surface area contributed by atoms with Crippen molar-refractivity contribution in [3.8, 4) is 0 Å². The maximum absolute atomic E-state index is 3.77. The number of hydrogen-bond donors (Lipinski definition) is 0. The van der Waals surface area contributed by atoms with Crippen molar-refractivity contribution in [3.63, 3.8) is 0 Å². The fraction of sp³-hybridized carbons (Fsp3) is 1.00. The molecule has 0 heterocycles. The molecule has 0 radical (unpaired) electrons. The van der Waals surface area contributed by atoms with E-state index in [0.29, 0.717) is 0 Å². The quantitative estimate of drug-likeness (QED) is 0.607. The van der Waals surface area contributed by atoms with Gasteiger partial charge in [0.2, 0.25) is 0 Å². The van der Waals surface area contributed by atoms with Gasteiger partial charge in [-0.2, -0.15) is 0 Å². The third-order valence-corrected chi connectivity index (χ3v) is 7.18. The van der Waals surface area contributed by atoms with E-state index in [4.69, 9.17) is 0 Å². The van der Waals surface area contributed by atoms with E-state index in [2.05, 4.69) is 22.4 Å². The van der Waals surface area contributed by atoms with Crippen LogP contribution in [0.1, 0.15) is 32.6 Å². The Hall–Kier alpha value is 0.910. The third kappa shape index (κ3) is 2.20. The van der Waals surface area contributed by atoms with Crippen molar-refractivity contribution < 1.29 is 0 Å². The topological polar surface area (TPSA) is 0 Å². The van der Waals surface area contributed by atoms with Gasteiger partial charge in [0.05, 0.1) is 0 Å². The van der Waals surface area contributed by atoms with Gasteiger partial charge in [0.25, 0.3) is 0 Å². The molecule has 1 atom stereocenters. The van der Waals surface area contributed by atoms with Gasteiger partial charge in [-0.25, -0.2) is 0 Å². The molecule has 0 aromatic carbocycles. The first-order valence-electron chi connectivity index (χ1n) is 3.77. The molecule has 0 bridgehead atoms. The van der Waals surface area contributed by atoms with E-state index >= 15 is 0 Å². The highest BCUT2D eigenvalue weighted by molar-refractivity contribution is 9.39. The fourth-order valence-corrected chi connectivity index (χ4v) is 4.11. The van der Waals surface area contributed by atoms with E-state index in [1.54, 1.807) is 0 Å². The molecule has 54 valence electrons. The Bertz CT molecular complexity index is 79.0. The summed E-state index contributed by atoms with van der Waals surface area (Å²) in [6.07, 6.45) is 7.31. The lowest BCUT2D eigenvalue weighted by atomic mass is 10.4. The van der Waals surface area contributed by atoms with Crippen LogP contribution in [0, 0.1) is 0 Å². The van der Waals surface area contributed by atoms with Crippen LogP contribution in [0.5, 0.6) is 0 Å². The van der Waals surface area contributed by atoms with Crippen LogP contribution >= 0.6 is 22.1 Å². The van der Waals surface area contributed by atoms with Gasteiger partial charge in [-0.3, -0.25) is 0 Å². The molecule has 0 aromatic rings. The van der Waals surface area contributed by atoms with E-state index < -0.39 is 0 Å². The summed E-state index contributed by atoms with van der Waals surface area (Å²) in [6, 6.07) is 0. The van der Waals surface area contributed by atoms with Crippen LogP contribution in [-0.2, 0) is 0 Å². The Morgan fingerprint density at radius 1 is 1.44 bits per heavy atom. The second-order valence-corrected chi connectivity index (χ2v) is 7.55. The molecule has 0 aliphatic heterocycles. The Balaban J connectivity index is 2.24. The summed E-state index contributed by atoms with van der Waals surface area (Å²) < 4.78 is 0. The number of rotatable bonds is 2. The molecule has 9 heavy (non-hydrogen) atoms. The largest absolute Gasteiger partial charge is 0.0606 e. The summed E-state index contributed by atoms with van der Waals surface area (Å²) in [5.41, 5.74) is 1.06. The molecule has 1 aliphatic rings. The van der Waals surface area contributed by atoms with E-state index in [1.165, 1.54) is 31.8 Å². The van der Waals surface area contributed by atoms with Crippen LogP contribution in [-0.4, -0.2) is 11.8 Å². The highest BCUT2D eigenvalue weighted by atomic mass is 79.9. The van der Waals surface area contributed by atoms with Gasteiger partial charge in [0, 0.05) is 0 Å². The summed E-state index contributed by atoms with van der Waals surface area (Å²) in [7, 11) is 0. The zero-order valence-corrected chi connectivity index (χ0v) is 8.42. The van der Waals surface area contributed by atoms with Crippen molar-refractivity contribution in [2.24, 2.45) is 0 Å². The first kappa shape index (κ1) is 8.01. The van der Waals surface area contributed by atoms with Gasteiger partial charge in [0.15, 0.2) is 0 Å². The van der Waals surface area contributed by atoms with Crippen LogP contribution in [0.15, 0.2) is 0 Å². The maximum atomic E-state index is 3.77. The lowest BCUT2D eigenvalue weighted by molar-refractivity contribution is 0.886. The lowest BCUT2D eigenvalue weighted by Crippen LogP contribution is -1.94. The summed E-state index contributed by atoms with van der Waals surface area (Å²) in [4.78, 5) is 0. The molecule has 1 fully saturated rings. The van der Waals surface area contributed by atoms with Crippen LogP contribution in [0.3, 0.4) is 0 Å². The molecule has 1 rings (SSSR count). The first-order valence-corrected chi connectivity index (χ1v) is 7.38. The van der Waals surface area contributed by atoms with Gasteiger partial charge in [0.1, 0.15) is 0 Å². The number of hydrogen-bond acceptors (Lipinski definition) is 0. The van der Waals surface area contributed by atoms with Crippen LogP contribution in [0.25, 0.3) is 0 Å². The number of halogens is 1. The van der Waals surface area contributed by atoms with Crippen molar-refractivity contribution in [1.29, 1.82) is 0 Å². The monoisotopic (exact) mass is 208 g/mol. The van der Waals surface area contributed by atoms with Gasteiger partial charge < -0.3 is 0 Å². The zero-order valence-electron chi connectivity index (χ0n) is 5.94. The minimum absolute atomic E-state index is 0.233. The Kier molecular flexibility index (Phi) is 3.50. The fourth-order valence-electron chi connectivity index (χ4n) is 1.44. The smallest absolute Gasteiger partial charge is 0.0111 e. The Morgan fingerprint density at radius 3 is 2.44 bits per heavy atom. The maximum Gasteiger partial charge on any atom is -0.0111 e. The summed E-state index contributed by atoms with van der Waals surface area (Å²) in [5.74, 6) is 0. The molecule has 1 unspecified atom stereocenters. The van der Waals surface area contributed by atoms with E-state index in [0.717, 1.165) is 5.66 Å². The SMILES string of the molecule is CCP(Br)C1CCCC1. The molecule has 0 spiro atoms. The molecule has 1 saturated carbocycles. The second-order valence-electron chi connectivity index (χ2n) is 2.65.